The lowest BCUT2D eigenvalue weighted by Gasteiger charge is -2.20. The molecule has 1 aliphatic rings. The second-order valence-electron chi connectivity index (χ2n) is 6.94. The molecule has 1 saturated heterocycles. The summed E-state index contributed by atoms with van der Waals surface area (Å²) in [5, 5.41) is 6.80. The number of aromatic nitrogens is 2. The minimum atomic E-state index is 0. The van der Waals surface area contributed by atoms with E-state index in [1.165, 1.54) is 0 Å². The van der Waals surface area contributed by atoms with Crippen LogP contribution in [0.15, 0.2) is 17.4 Å². The van der Waals surface area contributed by atoms with Crippen molar-refractivity contribution in [2.24, 2.45) is 10.9 Å². The molecule has 2 rings (SSSR count). The molecule has 0 saturated carbocycles. The molecule has 148 valence electrons. The molecule has 2 heterocycles. The molecule has 0 aromatic carbocycles. The maximum atomic E-state index is 12.1. The second-order valence-corrected chi connectivity index (χ2v) is 6.94. The maximum absolute atomic E-state index is 12.1. The van der Waals surface area contributed by atoms with Crippen LogP contribution in [-0.2, 0) is 11.3 Å². The molecule has 7 nitrogen and oxygen atoms in total. The van der Waals surface area contributed by atoms with E-state index in [0.717, 1.165) is 57.2 Å². The van der Waals surface area contributed by atoms with Gasteiger partial charge in [-0.2, -0.15) is 0 Å². The number of unbranched alkanes of at least 4 members (excludes halogenated alkanes) is 1. The number of hydrogen-bond donors (Lipinski definition) is 2. The molecule has 26 heavy (non-hydrogen) atoms. The van der Waals surface area contributed by atoms with Crippen LogP contribution in [-0.4, -0.2) is 59.0 Å². The van der Waals surface area contributed by atoms with Crippen molar-refractivity contribution >= 4 is 35.8 Å². The fraction of sp³-hybridized carbons (Fsp3) is 0.722. The van der Waals surface area contributed by atoms with E-state index in [4.69, 9.17) is 0 Å². The predicted molar refractivity (Wildman–Crippen MR) is 116 cm³/mol. The van der Waals surface area contributed by atoms with Gasteiger partial charge in [-0.3, -0.25) is 9.79 Å². The first-order valence-corrected chi connectivity index (χ1v) is 9.25. The van der Waals surface area contributed by atoms with Crippen molar-refractivity contribution in [2.75, 3.05) is 26.7 Å². The molecular weight excluding hydrogens is 443 g/mol. The summed E-state index contributed by atoms with van der Waals surface area (Å²) in [5.41, 5.74) is 0. The summed E-state index contributed by atoms with van der Waals surface area (Å²) in [4.78, 5) is 22.5. The molecule has 1 fully saturated rings. The summed E-state index contributed by atoms with van der Waals surface area (Å²) < 4.78 is 2.17. The number of aliphatic imine (C=N–C) groups is 1. The number of halogens is 1. The van der Waals surface area contributed by atoms with E-state index in [1.54, 1.807) is 7.05 Å². The first-order chi connectivity index (χ1) is 12.0. The highest BCUT2D eigenvalue weighted by Crippen LogP contribution is 2.12. The Bertz CT molecular complexity index is 586. The highest BCUT2D eigenvalue weighted by Gasteiger charge is 2.27. The average Bonchev–Trinajstić information content (AvgIpc) is 3.22. The first kappa shape index (κ1) is 22.7. The zero-order valence-electron chi connectivity index (χ0n) is 16.4. The Balaban J connectivity index is 0.00000338. The Morgan fingerprint density at radius 3 is 2.81 bits per heavy atom. The van der Waals surface area contributed by atoms with Gasteiger partial charge in [0.05, 0.1) is 0 Å². The minimum absolute atomic E-state index is 0. The molecule has 1 amide bonds. The predicted octanol–water partition coefficient (Wildman–Crippen LogP) is 2.01. The molecule has 1 aromatic rings. The van der Waals surface area contributed by atoms with Crippen molar-refractivity contribution in [1.29, 1.82) is 0 Å². The van der Waals surface area contributed by atoms with Crippen LogP contribution < -0.4 is 10.6 Å². The van der Waals surface area contributed by atoms with E-state index in [-0.39, 0.29) is 41.8 Å². The number of aryl methyl sites for hydroxylation is 2. The fourth-order valence-electron chi connectivity index (χ4n) is 3.09. The monoisotopic (exact) mass is 476 g/mol. The van der Waals surface area contributed by atoms with Crippen molar-refractivity contribution < 1.29 is 4.79 Å². The Morgan fingerprint density at radius 1 is 1.42 bits per heavy atom. The Kier molecular flexibility index (Phi) is 9.97. The van der Waals surface area contributed by atoms with Crippen LogP contribution >= 0.6 is 24.0 Å². The van der Waals surface area contributed by atoms with Gasteiger partial charge >= 0.3 is 0 Å². The molecule has 0 radical (unpaired) electrons. The van der Waals surface area contributed by atoms with Gasteiger partial charge in [-0.1, -0.05) is 13.8 Å². The number of likely N-dealkylation sites (tertiary alicyclic amines) is 1. The van der Waals surface area contributed by atoms with Crippen LogP contribution in [0.3, 0.4) is 0 Å². The van der Waals surface area contributed by atoms with Gasteiger partial charge in [-0.05, 0) is 26.2 Å². The molecule has 1 aromatic heterocycles. The van der Waals surface area contributed by atoms with Crippen molar-refractivity contribution in [2.45, 2.75) is 52.6 Å². The van der Waals surface area contributed by atoms with E-state index in [1.807, 2.05) is 38.1 Å². The average molecular weight is 476 g/mol. The summed E-state index contributed by atoms with van der Waals surface area (Å²) in [6, 6.07) is 0.280. The highest BCUT2D eigenvalue weighted by molar-refractivity contribution is 14.0. The number of rotatable bonds is 7. The van der Waals surface area contributed by atoms with E-state index in [9.17, 15) is 4.79 Å². The summed E-state index contributed by atoms with van der Waals surface area (Å²) >= 11 is 0. The van der Waals surface area contributed by atoms with Crippen LogP contribution in [0.5, 0.6) is 0 Å². The molecule has 1 aliphatic heterocycles. The Hall–Kier alpha value is -1.32. The molecule has 1 atom stereocenters. The van der Waals surface area contributed by atoms with E-state index in [2.05, 4.69) is 25.2 Å². The van der Waals surface area contributed by atoms with Crippen LogP contribution in [0.2, 0.25) is 0 Å². The standard InChI is InChI=1S/C18H32N6O.HI/c1-14(2)17(25)24-11-7-16(13-24)22-18(19-4)21-8-5-6-10-23-12-9-20-15(23)3;/h9,12,14,16H,5-8,10-11,13H2,1-4H3,(H2,19,21,22);1H. The first-order valence-electron chi connectivity index (χ1n) is 9.25. The molecule has 1 unspecified atom stereocenters. The fourth-order valence-corrected chi connectivity index (χ4v) is 3.09. The molecule has 0 bridgehead atoms. The van der Waals surface area contributed by atoms with E-state index < -0.39 is 0 Å². The molecule has 2 N–H and O–H groups in total. The largest absolute Gasteiger partial charge is 0.356 e. The van der Waals surface area contributed by atoms with Gasteiger partial charge < -0.3 is 20.1 Å². The lowest BCUT2D eigenvalue weighted by Crippen LogP contribution is -2.45. The van der Waals surface area contributed by atoms with Crippen LogP contribution in [0, 0.1) is 12.8 Å². The van der Waals surface area contributed by atoms with Gasteiger partial charge in [-0.25, -0.2) is 4.98 Å². The highest BCUT2D eigenvalue weighted by atomic mass is 127. The molecule has 0 aliphatic carbocycles. The second kappa shape index (κ2) is 11.4. The summed E-state index contributed by atoms with van der Waals surface area (Å²) in [5.74, 6) is 2.19. The van der Waals surface area contributed by atoms with Gasteiger partial charge in [0.25, 0.3) is 0 Å². The van der Waals surface area contributed by atoms with Gasteiger partial charge in [0.2, 0.25) is 5.91 Å². The molecular formula is C18H33IN6O. The third-order valence-corrected chi connectivity index (χ3v) is 4.60. The van der Waals surface area contributed by atoms with Crippen LogP contribution in [0.25, 0.3) is 0 Å². The zero-order valence-corrected chi connectivity index (χ0v) is 18.7. The van der Waals surface area contributed by atoms with Gasteiger partial charge in [0.15, 0.2) is 5.96 Å². The quantitative estimate of drug-likeness (QED) is 0.273. The lowest BCUT2D eigenvalue weighted by molar-refractivity contribution is -0.133. The van der Waals surface area contributed by atoms with Crippen molar-refractivity contribution in [1.82, 2.24) is 25.1 Å². The topological polar surface area (TPSA) is 74.6 Å². The van der Waals surface area contributed by atoms with Gasteiger partial charge in [-0.15, -0.1) is 24.0 Å². The molecule has 0 spiro atoms. The van der Waals surface area contributed by atoms with E-state index >= 15 is 0 Å². The van der Waals surface area contributed by atoms with Gasteiger partial charge in [0, 0.05) is 57.6 Å². The summed E-state index contributed by atoms with van der Waals surface area (Å²) in [6.07, 6.45) is 7.00. The third-order valence-electron chi connectivity index (χ3n) is 4.60. The smallest absolute Gasteiger partial charge is 0.225 e. The summed E-state index contributed by atoms with van der Waals surface area (Å²) in [6.45, 7) is 9.40. The third kappa shape index (κ3) is 6.77. The van der Waals surface area contributed by atoms with Crippen LogP contribution in [0.1, 0.15) is 38.9 Å². The number of carbonyl (C=O) groups excluding carboxylic acids is 1. The van der Waals surface area contributed by atoms with E-state index in [0.29, 0.717) is 0 Å². The number of carbonyl (C=O) groups is 1. The van der Waals surface area contributed by atoms with Crippen LogP contribution in [0.4, 0.5) is 0 Å². The Morgan fingerprint density at radius 2 is 2.19 bits per heavy atom. The zero-order chi connectivity index (χ0) is 18.2. The number of hydrogen-bond acceptors (Lipinski definition) is 3. The van der Waals surface area contributed by atoms with Crippen molar-refractivity contribution in [3.05, 3.63) is 18.2 Å². The number of imidazole rings is 1. The lowest BCUT2D eigenvalue weighted by atomic mass is 10.2. The Labute approximate surface area is 174 Å². The molecule has 8 heteroatoms. The van der Waals surface area contributed by atoms with Crippen molar-refractivity contribution in [3.8, 4) is 0 Å². The number of nitrogens with zero attached hydrogens (tertiary/aromatic N) is 4. The van der Waals surface area contributed by atoms with Crippen molar-refractivity contribution in [3.63, 3.8) is 0 Å². The van der Waals surface area contributed by atoms with Gasteiger partial charge in [0.1, 0.15) is 5.82 Å². The number of guanidine groups is 1. The normalized spacial score (nSPS) is 17.3. The summed E-state index contributed by atoms with van der Waals surface area (Å²) in [7, 11) is 1.79. The minimum Gasteiger partial charge on any atom is -0.356 e. The SMILES string of the molecule is CN=C(NCCCCn1ccnc1C)NC1CCN(C(=O)C(C)C)C1.I. The number of nitrogens with one attached hydrogen (secondary N) is 2. The number of amides is 1. The maximum Gasteiger partial charge on any atom is 0.225 e.